The minimum Gasteiger partial charge on any atom is -0.491 e. The third-order valence-electron chi connectivity index (χ3n) is 5.14. The highest BCUT2D eigenvalue weighted by Crippen LogP contribution is 2.31. The summed E-state index contributed by atoms with van der Waals surface area (Å²) in [5.74, 6) is 0.822. The van der Waals surface area contributed by atoms with Gasteiger partial charge in [0.05, 0.1) is 22.7 Å². The Morgan fingerprint density at radius 2 is 1.77 bits per heavy atom. The summed E-state index contributed by atoms with van der Waals surface area (Å²) < 4.78 is 30.6. The van der Waals surface area contributed by atoms with Gasteiger partial charge in [0.25, 0.3) is 0 Å². The molecule has 4 rings (SSSR count). The van der Waals surface area contributed by atoms with Gasteiger partial charge in [0.2, 0.25) is 0 Å². The van der Waals surface area contributed by atoms with Crippen LogP contribution >= 0.6 is 0 Å². The van der Waals surface area contributed by atoms with Gasteiger partial charge in [-0.25, -0.2) is 4.98 Å². The number of aromatic nitrogens is 2. The first-order chi connectivity index (χ1) is 15.5. The lowest BCUT2D eigenvalue weighted by atomic mass is 9.94. The van der Waals surface area contributed by atoms with Gasteiger partial charge >= 0.3 is 0 Å². The van der Waals surface area contributed by atoms with Crippen LogP contribution in [0.5, 0.6) is 5.75 Å². The molecule has 0 aliphatic carbocycles. The number of aryl methyl sites for hydroxylation is 1. The van der Waals surface area contributed by atoms with E-state index >= 15 is 0 Å². The molecule has 0 bridgehead atoms. The van der Waals surface area contributed by atoms with Crippen LogP contribution in [0, 0.1) is 6.92 Å². The summed E-state index contributed by atoms with van der Waals surface area (Å²) >= 11 is 0. The number of rotatable bonds is 5. The number of ether oxygens (including phenoxy) is 1. The fourth-order valence-corrected chi connectivity index (χ4v) is 3.61. The highest BCUT2D eigenvalue weighted by atomic mass is 16.5. The van der Waals surface area contributed by atoms with Crippen molar-refractivity contribution in [3.8, 4) is 22.6 Å². The van der Waals surface area contributed by atoms with E-state index in [1.807, 2.05) is 74.1 Å². The van der Waals surface area contributed by atoms with Crippen LogP contribution in [-0.4, -0.2) is 20.8 Å². The molecule has 30 heavy (non-hydrogen) atoms. The second-order valence-electron chi connectivity index (χ2n) is 8.08. The van der Waals surface area contributed by atoms with Crippen molar-refractivity contribution < 1.29 is 14.0 Å². The van der Waals surface area contributed by atoms with Gasteiger partial charge in [-0.15, -0.1) is 0 Å². The average molecular weight is 404 g/mol. The summed E-state index contributed by atoms with van der Waals surface area (Å²) in [6.45, 7) is 4.84. The van der Waals surface area contributed by atoms with Gasteiger partial charge in [0.1, 0.15) is 12.1 Å². The minimum absolute atomic E-state index is 0.116. The van der Waals surface area contributed by atoms with Crippen molar-refractivity contribution in [3.05, 3.63) is 78.1 Å². The monoisotopic (exact) mass is 403 g/mol. The van der Waals surface area contributed by atoms with Gasteiger partial charge in [0, 0.05) is 9.80 Å². The van der Waals surface area contributed by atoms with Crippen LogP contribution < -0.4 is 4.74 Å². The minimum atomic E-state index is -2.51. The molecule has 4 nitrogen and oxygen atoms in total. The lowest BCUT2D eigenvalue weighted by Gasteiger charge is -2.18. The molecule has 1 heterocycles. The van der Waals surface area contributed by atoms with Gasteiger partial charge < -0.3 is 9.84 Å². The van der Waals surface area contributed by atoms with Gasteiger partial charge in [-0.05, 0) is 93.2 Å². The zero-order chi connectivity index (χ0) is 24.0. The Labute approximate surface area is 182 Å². The first kappa shape index (κ1) is 16.7. The molecule has 1 unspecified atom stereocenters. The third-order valence-corrected chi connectivity index (χ3v) is 5.14. The largest absolute Gasteiger partial charge is 0.491 e. The molecule has 1 aromatic heterocycles. The fraction of sp³-hybridized carbons (Fsp3) is 0.269. The van der Waals surface area contributed by atoms with E-state index in [1.165, 1.54) is 6.92 Å². The van der Waals surface area contributed by atoms with E-state index in [2.05, 4.69) is 11.1 Å². The Balaban J connectivity index is 1.72. The Morgan fingerprint density at radius 1 is 1.07 bits per heavy atom. The van der Waals surface area contributed by atoms with Gasteiger partial charge in [0.15, 0.2) is 0 Å². The topological polar surface area (TPSA) is 47.3 Å². The van der Waals surface area contributed by atoms with E-state index in [4.69, 9.17) is 8.85 Å². The van der Waals surface area contributed by atoms with Crippen LogP contribution in [0.25, 0.3) is 27.8 Å². The predicted molar refractivity (Wildman–Crippen MR) is 122 cm³/mol. The summed E-state index contributed by atoms with van der Waals surface area (Å²) in [4.78, 5) is 4.57. The van der Waals surface area contributed by atoms with Crippen molar-refractivity contribution in [3.63, 3.8) is 0 Å². The Morgan fingerprint density at radius 3 is 2.40 bits per heavy atom. The van der Waals surface area contributed by atoms with Crippen molar-refractivity contribution in [1.82, 2.24) is 9.55 Å². The Kier molecular flexibility index (Phi) is 4.23. The van der Waals surface area contributed by atoms with Crippen molar-refractivity contribution in [1.29, 1.82) is 0 Å². The van der Waals surface area contributed by atoms with Crippen LogP contribution in [0.1, 0.15) is 42.9 Å². The van der Waals surface area contributed by atoms with Crippen LogP contribution in [0.4, 0.5) is 0 Å². The van der Waals surface area contributed by atoms with Crippen molar-refractivity contribution in [2.24, 2.45) is 0 Å². The number of imidazole rings is 1. The van der Waals surface area contributed by atoms with Crippen molar-refractivity contribution >= 4 is 11.0 Å². The summed E-state index contributed by atoms with van der Waals surface area (Å²) in [6, 6.07) is 19.1. The maximum atomic E-state index is 10.5. The molecule has 0 saturated carbocycles. The normalized spacial score (nSPS) is 15.5. The number of hydrogen-bond donors (Lipinski definition) is 1. The molecule has 0 amide bonds. The summed E-state index contributed by atoms with van der Waals surface area (Å²) in [7, 11) is 0. The molecular formula is C26H28N2O2. The van der Waals surface area contributed by atoms with E-state index in [1.54, 1.807) is 12.1 Å². The first-order valence-corrected chi connectivity index (χ1v) is 10.1. The van der Waals surface area contributed by atoms with Crippen LogP contribution in [0.15, 0.2) is 67.0 Å². The molecule has 4 heteroatoms. The van der Waals surface area contributed by atoms with E-state index < -0.39 is 12.5 Å². The number of benzene rings is 3. The summed E-state index contributed by atoms with van der Waals surface area (Å²) in [5.41, 5.74) is 4.30. The quantitative estimate of drug-likeness (QED) is 0.443. The summed E-state index contributed by atoms with van der Waals surface area (Å²) in [5, 5.41) is 10.5. The fourth-order valence-electron chi connectivity index (χ4n) is 3.61. The highest BCUT2D eigenvalue weighted by molar-refractivity contribution is 5.85. The molecule has 4 aromatic rings. The number of nitrogens with zero attached hydrogens (tertiary/aromatic N) is 2. The number of hydrogen-bond acceptors (Lipinski definition) is 3. The molecule has 0 aliphatic heterocycles. The van der Waals surface area contributed by atoms with E-state index in [0.29, 0.717) is 5.56 Å². The smallest absolute Gasteiger partial charge is 0.119 e. The molecule has 1 N–H and O–H groups in total. The molecule has 0 radical (unpaired) electrons. The molecule has 154 valence electrons. The maximum absolute atomic E-state index is 10.5. The Bertz CT molecular complexity index is 1270. The summed E-state index contributed by atoms with van der Waals surface area (Å²) in [6.07, 6.45) is 1.92. The van der Waals surface area contributed by atoms with E-state index in [-0.39, 0.29) is 6.10 Å². The molecule has 0 saturated heterocycles. The molecule has 0 spiro atoms. The SMILES string of the molecule is [2H]C([2H])([2H])C(C)(O)c1ccc(-c2cc3c(cc2C)ncn3-c2ccc(OC(C)C)cc2)cc1. The molecule has 1 atom stereocenters. The lowest BCUT2D eigenvalue weighted by Crippen LogP contribution is -2.14. The number of fused-ring (bicyclic) bond motifs is 1. The average Bonchev–Trinajstić information content (AvgIpc) is 3.15. The molecule has 0 fully saturated rings. The van der Waals surface area contributed by atoms with Crippen molar-refractivity contribution in [2.45, 2.75) is 46.3 Å². The lowest BCUT2D eigenvalue weighted by molar-refractivity contribution is 0.0786. The van der Waals surface area contributed by atoms with Crippen LogP contribution in [-0.2, 0) is 5.60 Å². The zero-order valence-corrected chi connectivity index (χ0v) is 17.7. The zero-order valence-electron chi connectivity index (χ0n) is 20.7. The van der Waals surface area contributed by atoms with Gasteiger partial charge in [-0.2, -0.15) is 0 Å². The highest BCUT2D eigenvalue weighted by Gasteiger charge is 2.16. The van der Waals surface area contributed by atoms with Gasteiger partial charge in [-0.3, -0.25) is 4.57 Å². The van der Waals surface area contributed by atoms with Crippen molar-refractivity contribution in [2.75, 3.05) is 0 Å². The second kappa shape index (κ2) is 7.62. The standard InChI is InChI=1S/C26H28N2O2/c1-17(2)30-22-12-10-21(11-13-22)28-16-27-24-14-18(3)23(15-25(24)28)19-6-8-20(9-7-19)26(4,5)29/h6-17,29H,1-5H3/i4D3. The van der Waals surface area contributed by atoms with Crippen LogP contribution in [0.3, 0.4) is 0 Å². The van der Waals surface area contributed by atoms with Gasteiger partial charge in [-0.1, -0.05) is 24.3 Å². The van der Waals surface area contributed by atoms with Crippen LogP contribution in [0.2, 0.25) is 0 Å². The third kappa shape index (κ3) is 3.96. The second-order valence-corrected chi connectivity index (χ2v) is 8.08. The number of aliphatic hydroxyl groups is 1. The molecule has 3 aromatic carbocycles. The predicted octanol–water partition coefficient (Wildman–Crippen LogP) is 6.02. The maximum Gasteiger partial charge on any atom is 0.119 e. The van der Waals surface area contributed by atoms with E-state index in [9.17, 15) is 5.11 Å². The Hall–Kier alpha value is -3.11. The first-order valence-electron chi connectivity index (χ1n) is 11.6. The van der Waals surface area contributed by atoms with E-state index in [0.717, 1.165) is 39.2 Å². The molecule has 0 aliphatic rings. The molecular weight excluding hydrogens is 372 g/mol.